The molecule has 6 aromatic carbocycles. The van der Waals surface area contributed by atoms with E-state index in [-0.39, 0.29) is 33.0 Å². The van der Waals surface area contributed by atoms with Gasteiger partial charge in [0.15, 0.2) is 0 Å². The van der Waals surface area contributed by atoms with Crippen LogP contribution in [0.15, 0.2) is 162 Å². The molecule has 9 nitrogen and oxygen atoms in total. The molecule has 11 heteroatoms. The molecule has 6 rings (SSSR count). The molecule has 0 radical (unpaired) electrons. The van der Waals surface area contributed by atoms with Crippen LogP contribution in [0.1, 0.15) is 22.3 Å². The zero-order valence-electron chi connectivity index (χ0n) is 29.3. The van der Waals surface area contributed by atoms with Gasteiger partial charge in [0.05, 0.1) is 0 Å². The second kappa shape index (κ2) is 18.9. The van der Waals surface area contributed by atoms with Crippen molar-refractivity contribution < 1.29 is 32.3 Å². The molecule has 0 aliphatic rings. The van der Waals surface area contributed by atoms with Gasteiger partial charge in [0.25, 0.3) is 0 Å². The minimum Gasteiger partial charge on any atom is -0.489 e. The van der Waals surface area contributed by atoms with Gasteiger partial charge >= 0.3 is 10.5 Å². The van der Waals surface area contributed by atoms with Gasteiger partial charge in [-0.3, -0.25) is 4.57 Å². The third kappa shape index (κ3) is 10.1. The fourth-order valence-corrected chi connectivity index (χ4v) is 6.88. The summed E-state index contributed by atoms with van der Waals surface area (Å²) in [6, 6.07) is 49.0. The molecule has 0 saturated heterocycles. The van der Waals surface area contributed by atoms with E-state index in [1.807, 2.05) is 140 Å². The lowest BCUT2D eigenvalue weighted by atomic mass is 10.0. The van der Waals surface area contributed by atoms with Crippen LogP contribution < -0.4 is 19.5 Å². The Kier molecular flexibility index (Phi) is 13.3. The fraction of sp³-hybridized carbons (Fsp3) is 0.163. The smallest absolute Gasteiger partial charge is 0.316 e. The van der Waals surface area contributed by atoms with Crippen molar-refractivity contribution in [2.75, 3.05) is 19.7 Å². The van der Waals surface area contributed by atoms with Gasteiger partial charge in [-0.25, -0.2) is 0 Å². The van der Waals surface area contributed by atoms with E-state index in [0.717, 1.165) is 27.8 Å². The van der Waals surface area contributed by atoms with Crippen LogP contribution >= 0.6 is 8.46 Å². The van der Waals surface area contributed by atoms with Crippen LogP contribution in [0.5, 0.6) is 17.2 Å². The van der Waals surface area contributed by atoms with Crippen LogP contribution in [0.3, 0.4) is 0 Å². The molecule has 1 unspecified atom stereocenters. The third-order valence-electron chi connectivity index (χ3n) is 8.63. The first kappa shape index (κ1) is 38.1. The number of nitrogens with one attached hydrogen (secondary N) is 1. The second-order valence-corrected chi connectivity index (χ2v) is 13.8. The maximum absolute atomic E-state index is 12.8. The van der Waals surface area contributed by atoms with Crippen molar-refractivity contribution >= 4 is 24.6 Å². The van der Waals surface area contributed by atoms with Crippen LogP contribution in [-0.2, 0) is 33.4 Å². The molecule has 0 spiro atoms. The molecule has 2 N–H and O–H groups in total. The SMILES string of the molecule is O=PC(Oc1ccc(CCNCC(O)COc2cccc(-c3ccc(OCc4ccccc4)cc3)c2N=S(=O)=O)cc1)(c1ccccc1)c1ccccc1. The number of aliphatic hydroxyl groups is 1. The summed E-state index contributed by atoms with van der Waals surface area (Å²) in [7, 11) is -2.92. The molecule has 0 aliphatic carbocycles. The van der Waals surface area contributed by atoms with Crippen LogP contribution in [0.2, 0.25) is 0 Å². The number of aliphatic hydroxyl groups excluding tert-OH is 1. The number of hydrogen-bond donors (Lipinski definition) is 2. The van der Waals surface area contributed by atoms with Crippen molar-refractivity contribution in [3.63, 3.8) is 0 Å². The van der Waals surface area contributed by atoms with E-state index in [1.54, 1.807) is 18.2 Å². The Hall–Kier alpha value is -5.64. The van der Waals surface area contributed by atoms with Crippen LogP contribution in [0, 0.1) is 0 Å². The lowest BCUT2D eigenvalue weighted by Gasteiger charge is -2.29. The molecule has 0 bridgehead atoms. The molecule has 0 amide bonds. The van der Waals surface area contributed by atoms with E-state index in [4.69, 9.17) is 14.2 Å². The quantitative estimate of drug-likeness (QED) is 0.0659. The minimum atomic E-state index is -2.73. The highest BCUT2D eigenvalue weighted by molar-refractivity contribution is 7.61. The molecular weight excluding hydrogens is 720 g/mol. The largest absolute Gasteiger partial charge is 0.489 e. The summed E-state index contributed by atoms with van der Waals surface area (Å²) in [5.41, 5.74) is 5.10. The van der Waals surface area contributed by atoms with E-state index < -0.39 is 21.9 Å². The zero-order chi connectivity index (χ0) is 37.6. The highest BCUT2D eigenvalue weighted by Gasteiger charge is 2.38. The molecule has 0 fully saturated rings. The molecule has 54 heavy (non-hydrogen) atoms. The van der Waals surface area contributed by atoms with Crippen molar-refractivity contribution in [2.24, 2.45) is 4.36 Å². The normalized spacial score (nSPS) is 11.8. The van der Waals surface area contributed by atoms with Gasteiger partial charge in [-0.15, -0.1) is 4.36 Å². The van der Waals surface area contributed by atoms with Crippen LogP contribution in [0.4, 0.5) is 5.69 Å². The number of ether oxygens (including phenoxy) is 3. The van der Waals surface area contributed by atoms with Gasteiger partial charge in [-0.2, -0.15) is 8.42 Å². The highest BCUT2D eigenvalue weighted by Crippen LogP contribution is 2.44. The van der Waals surface area contributed by atoms with Crippen molar-refractivity contribution in [3.8, 4) is 28.4 Å². The number of nitrogens with zero attached hydrogens (tertiary/aromatic N) is 1. The average molecular weight is 759 g/mol. The Labute approximate surface area is 318 Å². The second-order valence-electron chi connectivity index (χ2n) is 12.4. The predicted molar refractivity (Wildman–Crippen MR) is 210 cm³/mol. The summed E-state index contributed by atoms with van der Waals surface area (Å²) in [6.45, 7) is 1.19. The monoisotopic (exact) mass is 758 g/mol. The molecule has 1 atom stereocenters. The summed E-state index contributed by atoms with van der Waals surface area (Å²) in [5.74, 6) is 1.49. The summed E-state index contributed by atoms with van der Waals surface area (Å²) < 4.78 is 58.2. The van der Waals surface area contributed by atoms with Gasteiger partial charge < -0.3 is 24.6 Å². The molecular formula is C43H39N2O7PS. The van der Waals surface area contributed by atoms with E-state index in [9.17, 15) is 18.1 Å². The Morgan fingerprint density at radius 3 is 1.91 bits per heavy atom. The van der Waals surface area contributed by atoms with Gasteiger partial charge in [0.1, 0.15) is 42.3 Å². The average Bonchev–Trinajstić information content (AvgIpc) is 3.22. The van der Waals surface area contributed by atoms with Crippen LogP contribution in [-0.4, -0.2) is 39.3 Å². The number of hydrogen-bond acceptors (Lipinski definition) is 9. The molecule has 6 aromatic rings. The van der Waals surface area contributed by atoms with Crippen molar-refractivity contribution in [2.45, 2.75) is 24.5 Å². The fourth-order valence-electron chi connectivity index (χ4n) is 5.89. The Morgan fingerprint density at radius 2 is 1.30 bits per heavy atom. The minimum absolute atomic E-state index is 0.0770. The topological polar surface area (TPSA) is 124 Å². The van der Waals surface area contributed by atoms with Gasteiger partial charge in [0.2, 0.25) is 13.8 Å². The first-order chi connectivity index (χ1) is 26.4. The Bertz CT molecular complexity index is 2190. The standard InChI is InChI=1S/C43H39N2O7PS/c46-37(29-44-28-27-32-19-23-39(24-20-32)52-43(53-47,35-13-6-2-7-14-35)36-15-8-3-9-16-36)31-51-41-18-10-17-40(42(41)45-54(48)49)34-21-25-38(26-22-34)50-30-33-11-4-1-5-12-33/h1-26,37,44,46H,27-31H2. The van der Waals surface area contributed by atoms with Crippen molar-refractivity contribution in [3.05, 3.63) is 180 Å². The first-order valence-electron chi connectivity index (χ1n) is 17.4. The van der Waals surface area contributed by atoms with E-state index >= 15 is 0 Å². The summed E-state index contributed by atoms with van der Waals surface area (Å²) in [4.78, 5) is 0. The van der Waals surface area contributed by atoms with Crippen molar-refractivity contribution in [1.29, 1.82) is 0 Å². The van der Waals surface area contributed by atoms with Gasteiger partial charge in [0, 0.05) is 23.2 Å². The van der Waals surface area contributed by atoms with Gasteiger partial charge in [-0.1, -0.05) is 127 Å². The summed E-state index contributed by atoms with van der Waals surface area (Å²) in [5, 5.41) is 12.7. The Balaban J connectivity index is 1.01. The number of benzene rings is 6. The first-order valence-corrected chi connectivity index (χ1v) is 19.2. The highest BCUT2D eigenvalue weighted by atomic mass is 32.2. The maximum atomic E-state index is 12.8. The maximum Gasteiger partial charge on any atom is 0.316 e. The predicted octanol–water partition coefficient (Wildman–Crippen LogP) is 8.77. The van der Waals surface area contributed by atoms with E-state index in [1.165, 1.54) is 0 Å². The lowest BCUT2D eigenvalue weighted by Crippen LogP contribution is -2.32. The van der Waals surface area contributed by atoms with E-state index in [0.29, 0.717) is 36.6 Å². The third-order valence-corrected chi connectivity index (χ3v) is 9.82. The number of rotatable bonds is 18. The van der Waals surface area contributed by atoms with Crippen LogP contribution in [0.25, 0.3) is 11.1 Å². The molecule has 0 heterocycles. The molecule has 0 aromatic heterocycles. The van der Waals surface area contributed by atoms with E-state index in [2.05, 4.69) is 9.68 Å². The lowest BCUT2D eigenvalue weighted by molar-refractivity contribution is 0.107. The molecule has 0 saturated carbocycles. The zero-order valence-corrected chi connectivity index (χ0v) is 31.0. The summed E-state index contributed by atoms with van der Waals surface area (Å²) >= 11 is 0. The summed E-state index contributed by atoms with van der Waals surface area (Å²) in [6.07, 6.45) is -0.182. The molecule has 274 valence electrons. The van der Waals surface area contributed by atoms with Gasteiger partial charge in [-0.05, 0) is 60.0 Å². The van der Waals surface area contributed by atoms with Crippen molar-refractivity contribution in [1.82, 2.24) is 5.32 Å². The Morgan fingerprint density at radius 1 is 0.685 bits per heavy atom. The molecule has 0 aliphatic heterocycles.